The van der Waals surface area contributed by atoms with Gasteiger partial charge in [0.1, 0.15) is 23.0 Å². The van der Waals surface area contributed by atoms with Crippen molar-refractivity contribution in [1.82, 2.24) is 24.5 Å². The highest BCUT2D eigenvalue weighted by molar-refractivity contribution is 7.96. The van der Waals surface area contributed by atoms with E-state index in [0.717, 1.165) is 42.1 Å². The second-order valence-corrected chi connectivity index (χ2v) is 8.79. The number of aromatic nitrogens is 2. The molecule has 1 aliphatic heterocycles. The first-order valence-electron chi connectivity index (χ1n) is 11.1. The first-order chi connectivity index (χ1) is 15.9. The number of hydrogen-bond donors (Lipinski definition) is 4. The van der Waals surface area contributed by atoms with Crippen LogP contribution >= 0.6 is 11.9 Å². The second-order valence-electron chi connectivity index (χ2n) is 7.81. The van der Waals surface area contributed by atoms with Gasteiger partial charge in [0.2, 0.25) is 0 Å². The van der Waals surface area contributed by atoms with Crippen molar-refractivity contribution in [2.75, 3.05) is 52.2 Å². The molecule has 0 spiro atoms. The standard InChI is InChI=1S/C22H33N7O3S/c1-5-7-17(23)19-20(24-3)22(30)26-21(25-19)16-14-15(8-9-18(16)32-6-2)33-29(31)28-12-10-27(4)11-13-28/h8-9,14,23-24,31H,5-7,10-13H2,1-4H3,(H,25,26,30). The lowest BCUT2D eigenvalue weighted by Crippen LogP contribution is -2.49. The van der Waals surface area contributed by atoms with Crippen LogP contribution in [0.2, 0.25) is 0 Å². The van der Waals surface area contributed by atoms with Gasteiger partial charge >= 0.3 is 0 Å². The molecule has 10 nitrogen and oxygen atoms in total. The van der Waals surface area contributed by atoms with E-state index in [-0.39, 0.29) is 11.2 Å². The predicted molar refractivity (Wildman–Crippen MR) is 131 cm³/mol. The minimum atomic E-state index is -0.347. The van der Waals surface area contributed by atoms with Crippen molar-refractivity contribution in [1.29, 1.82) is 5.41 Å². The number of hydrazine groups is 1. The number of anilines is 1. The number of aromatic amines is 1. The van der Waals surface area contributed by atoms with Crippen molar-refractivity contribution in [2.45, 2.75) is 31.6 Å². The summed E-state index contributed by atoms with van der Waals surface area (Å²) in [6.07, 6.45) is 1.30. The summed E-state index contributed by atoms with van der Waals surface area (Å²) in [6.45, 7) is 7.53. The number of H-pyrrole nitrogens is 1. The number of piperazine rings is 1. The predicted octanol–water partition coefficient (Wildman–Crippen LogP) is 2.91. The van der Waals surface area contributed by atoms with Crippen molar-refractivity contribution < 1.29 is 9.94 Å². The molecule has 1 saturated heterocycles. The van der Waals surface area contributed by atoms with Crippen LogP contribution in [0.25, 0.3) is 11.4 Å². The molecule has 1 aliphatic rings. The van der Waals surface area contributed by atoms with Crippen LogP contribution in [0.15, 0.2) is 27.9 Å². The molecule has 0 radical (unpaired) electrons. The van der Waals surface area contributed by atoms with Crippen LogP contribution in [0.4, 0.5) is 5.69 Å². The molecule has 1 aromatic carbocycles. The number of hydrogen-bond acceptors (Lipinski definition) is 10. The van der Waals surface area contributed by atoms with E-state index in [1.807, 2.05) is 37.1 Å². The highest BCUT2D eigenvalue weighted by Gasteiger charge is 2.22. The van der Waals surface area contributed by atoms with Crippen molar-refractivity contribution >= 4 is 23.3 Å². The smallest absolute Gasteiger partial charge is 0.275 e. The van der Waals surface area contributed by atoms with Gasteiger partial charge in [0, 0.05) is 50.1 Å². The highest BCUT2D eigenvalue weighted by atomic mass is 32.2. The van der Waals surface area contributed by atoms with Crippen LogP contribution in [-0.2, 0) is 0 Å². The monoisotopic (exact) mass is 475 g/mol. The quantitative estimate of drug-likeness (QED) is 0.233. The van der Waals surface area contributed by atoms with E-state index in [9.17, 15) is 10.0 Å². The maximum absolute atomic E-state index is 12.8. The minimum absolute atomic E-state index is 0.275. The Morgan fingerprint density at radius 1 is 1.33 bits per heavy atom. The van der Waals surface area contributed by atoms with E-state index >= 15 is 0 Å². The van der Waals surface area contributed by atoms with Gasteiger partial charge < -0.3 is 25.3 Å². The summed E-state index contributed by atoms with van der Waals surface area (Å²) in [4.78, 5) is 23.2. The fourth-order valence-corrected chi connectivity index (χ4v) is 4.34. The molecule has 11 heteroatoms. The van der Waals surface area contributed by atoms with E-state index < -0.39 is 0 Å². The first kappa shape index (κ1) is 25.2. The Morgan fingerprint density at radius 2 is 2.06 bits per heavy atom. The van der Waals surface area contributed by atoms with E-state index in [0.29, 0.717) is 41.6 Å². The SMILES string of the molecule is CCCC(=N)c1nc(-c2cc(SN(O)N3CCN(C)CC3)ccc2OCC)[nH]c(=O)c1NC. The molecule has 0 aliphatic carbocycles. The Kier molecular flexibility index (Phi) is 8.87. The van der Waals surface area contributed by atoms with Gasteiger partial charge in [0.25, 0.3) is 5.56 Å². The third kappa shape index (κ3) is 6.12. The van der Waals surface area contributed by atoms with Gasteiger partial charge in [0.15, 0.2) is 0 Å². The molecule has 0 atom stereocenters. The van der Waals surface area contributed by atoms with E-state index in [4.69, 9.17) is 10.1 Å². The van der Waals surface area contributed by atoms with Crippen LogP contribution < -0.4 is 15.6 Å². The van der Waals surface area contributed by atoms with Crippen molar-refractivity contribution in [3.63, 3.8) is 0 Å². The summed E-state index contributed by atoms with van der Waals surface area (Å²) < 4.78 is 6.95. The molecule has 1 aromatic heterocycles. The summed E-state index contributed by atoms with van der Waals surface area (Å²) >= 11 is 1.18. The molecule has 2 heterocycles. The largest absolute Gasteiger partial charge is 0.493 e. The number of benzene rings is 1. The molecule has 0 bridgehead atoms. The zero-order chi connectivity index (χ0) is 24.0. The van der Waals surface area contributed by atoms with Gasteiger partial charge in [-0.15, -0.1) is 0 Å². The molecule has 180 valence electrons. The summed E-state index contributed by atoms with van der Waals surface area (Å²) in [6, 6.07) is 5.50. The molecule has 4 N–H and O–H groups in total. The molecule has 0 saturated carbocycles. The highest BCUT2D eigenvalue weighted by Crippen LogP contribution is 2.34. The Labute approximate surface area is 198 Å². The lowest BCUT2D eigenvalue weighted by Gasteiger charge is -2.35. The number of likely N-dealkylation sites (N-methyl/N-ethyl adjacent to an activating group) is 1. The number of nitrogens with one attached hydrogen (secondary N) is 3. The molecule has 0 unspecified atom stereocenters. The molecule has 0 amide bonds. The maximum Gasteiger partial charge on any atom is 0.275 e. The average Bonchev–Trinajstić information content (AvgIpc) is 2.80. The van der Waals surface area contributed by atoms with Gasteiger partial charge in [-0.1, -0.05) is 17.9 Å². The third-order valence-corrected chi connectivity index (χ3v) is 6.23. The zero-order valence-electron chi connectivity index (χ0n) is 19.6. The van der Waals surface area contributed by atoms with Crippen LogP contribution in [0.1, 0.15) is 32.4 Å². The zero-order valence-corrected chi connectivity index (χ0v) is 20.5. The third-order valence-electron chi connectivity index (χ3n) is 5.37. The molecular formula is C22H33N7O3S. The Hall–Kier alpha value is -2.44. The topological polar surface area (TPSA) is 121 Å². The fourth-order valence-electron chi connectivity index (χ4n) is 3.57. The Bertz CT molecular complexity index is 1020. The Morgan fingerprint density at radius 3 is 2.70 bits per heavy atom. The van der Waals surface area contributed by atoms with Gasteiger partial charge in [-0.05, 0) is 38.6 Å². The number of ether oxygens (including phenoxy) is 1. The van der Waals surface area contributed by atoms with Crippen LogP contribution in [-0.4, -0.2) is 82.3 Å². The molecular weight excluding hydrogens is 442 g/mol. The van der Waals surface area contributed by atoms with Crippen LogP contribution in [0.5, 0.6) is 5.75 Å². The normalized spacial score (nSPS) is 15.1. The van der Waals surface area contributed by atoms with Gasteiger partial charge in [-0.25, -0.2) is 9.99 Å². The van der Waals surface area contributed by atoms with E-state index in [1.165, 1.54) is 11.9 Å². The van der Waals surface area contributed by atoms with Gasteiger partial charge in [-0.2, -0.15) is 0 Å². The van der Waals surface area contributed by atoms with Crippen LogP contribution in [0.3, 0.4) is 0 Å². The summed E-state index contributed by atoms with van der Waals surface area (Å²) in [5.41, 5.74) is 1.16. The van der Waals surface area contributed by atoms with Gasteiger partial charge in [0.05, 0.1) is 17.9 Å². The van der Waals surface area contributed by atoms with E-state index in [2.05, 4.69) is 27.2 Å². The molecule has 1 fully saturated rings. The summed E-state index contributed by atoms with van der Waals surface area (Å²) in [7, 11) is 3.71. The first-order valence-corrected chi connectivity index (χ1v) is 11.9. The number of rotatable bonds is 10. The van der Waals surface area contributed by atoms with Crippen molar-refractivity contribution in [3.8, 4) is 17.1 Å². The van der Waals surface area contributed by atoms with Crippen molar-refractivity contribution in [3.05, 3.63) is 34.2 Å². The van der Waals surface area contributed by atoms with E-state index in [1.54, 1.807) is 7.05 Å². The summed E-state index contributed by atoms with van der Waals surface area (Å²) in [5.74, 6) is 0.893. The maximum atomic E-state index is 12.8. The second kappa shape index (κ2) is 11.6. The lowest BCUT2D eigenvalue weighted by molar-refractivity contribution is -0.169. The average molecular weight is 476 g/mol. The fraction of sp³-hybridized carbons (Fsp3) is 0.500. The number of nitrogens with zero attached hydrogens (tertiary/aromatic N) is 4. The molecule has 33 heavy (non-hydrogen) atoms. The van der Waals surface area contributed by atoms with Crippen molar-refractivity contribution in [2.24, 2.45) is 0 Å². The minimum Gasteiger partial charge on any atom is -0.493 e. The summed E-state index contributed by atoms with van der Waals surface area (Å²) in [5, 5.41) is 23.7. The molecule has 2 aromatic rings. The Balaban J connectivity index is 1.97. The lowest BCUT2D eigenvalue weighted by atomic mass is 10.1. The molecule has 3 rings (SSSR count). The van der Waals surface area contributed by atoms with Gasteiger partial charge in [-0.3, -0.25) is 10.0 Å². The van der Waals surface area contributed by atoms with Crippen LogP contribution in [0, 0.1) is 5.41 Å².